The molecule has 0 heterocycles. The van der Waals surface area contributed by atoms with Crippen molar-refractivity contribution in [3.63, 3.8) is 0 Å². The molecule has 0 atom stereocenters. The maximum atomic E-state index is 12.5. The van der Waals surface area contributed by atoms with Crippen LogP contribution in [0.2, 0.25) is 5.02 Å². The van der Waals surface area contributed by atoms with E-state index in [4.69, 9.17) is 39.5 Å². The normalized spacial score (nSPS) is 12.0. The van der Waals surface area contributed by atoms with Crippen LogP contribution in [0.15, 0.2) is 36.4 Å². The molecule has 0 saturated heterocycles. The van der Waals surface area contributed by atoms with Crippen molar-refractivity contribution in [2.24, 2.45) is 0 Å². The number of alkyl halides is 5. The van der Waals surface area contributed by atoms with Crippen LogP contribution >= 0.6 is 34.8 Å². The molecule has 11 heteroatoms. The predicted molar refractivity (Wildman–Crippen MR) is 90.3 cm³/mol. The zero-order valence-corrected chi connectivity index (χ0v) is 15.1. The lowest BCUT2D eigenvalue weighted by Crippen LogP contribution is -2.18. The summed E-state index contributed by atoms with van der Waals surface area (Å²) in [5, 5.41) is 11.0. The van der Waals surface area contributed by atoms with Crippen molar-refractivity contribution in [1.29, 1.82) is 0 Å². The number of hydrogen-bond acceptors (Lipinski definition) is 4. The Labute approximate surface area is 160 Å². The van der Waals surface area contributed by atoms with Crippen molar-refractivity contribution in [3.8, 4) is 11.5 Å². The predicted octanol–water partition coefficient (Wildman–Crippen LogP) is 5.83. The van der Waals surface area contributed by atoms with Gasteiger partial charge in [0.1, 0.15) is 11.5 Å². The van der Waals surface area contributed by atoms with Gasteiger partial charge in [-0.1, -0.05) is 34.8 Å². The fraction of sp³-hybridized carbons (Fsp3) is 0.200. The van der Waals surface area contributed by atoms with E-state index in [9.17, 15) is 23.3 Å². The van der Waals surface area contributed by atoms with Crippen LogP contribution in [0.4, 0.5) is 18.9 Å². The minimum absolute atomic E-state index is 0.00811. The van der Waals surface area contributed by atoms with Gasteiger partial charge < -0.3 is 9.47 Å². The van der Waals surface area contributed by atoms with E-state index in [0.717, 1.165) is 24.3 Å². The summed E-state index contributed by atoms with van der Waals surface area (Å²) in [7, 11) is 1.23. The molecule has 2 rings (SSSR count). The fourth-order valence-corrected chi connectivity index (χ4v) is 2.76. The van der Waals surface area contributed by atoms with E-state index in [1.807, 2.05) is 0 Å². The topological polar surface area (TPSA) is 61.6 Å². The first-order chi connectivity index (χ1) is 11.9. The molecular formula is C15H9Cl3F3NO4. The first-order valence-electron chi connectivity index (χ1n) is 6.71. The summed E-state index contributed by atoms with van der Waals surface area (Å²) < 4.78 is 44.3. The van der Waals surface area contributed by atoms with E-state index in [2.05, 4.69) is 4.74 Å². The van der Waals surface area contributed by atoms with Gasteiger partial charge in [0.15, 0.2) is 4.33 Å². The number of halogens is 6. The number of benzene rings is 2. The second-order valence-electron chi connectivity index (χ2n) is 4.97. The summed E-state index contributed by atoms with van der Waals surface area (Å²) >= 11 is 18.4. The number of nitro groups is 1. The number of non-ortho nitro benzene ring substituents is 1. The molecule has 0 spiro atoms. The van der Waals surface area contributed by atoms with Gasteiger partial charge in [-0.15, -0.1) is 13.2 Å². The fourth-order valence-electron chi connectivity index (χ4n) is 2.09. The molecule has 2 aromatic carbocycles. The van der Waals surface area contributed by atoms with E-state index < -0.39 is 21.4 Å². The lowest BCUT2D eigenvalue weighted by Gasteiger charge is -2.22. The molecule has 0 unspecified atom stereocenters. The smallest absolute Gasteiger partial charge is 0.497 e. The van der Waals surface area contributed by atoms with Crippen LogP contribution in [-0.4, -0.2) is 18.4 Å². The molecule has 0 bridgehead atoms. The van der Waals surface area contributed by atoms with Gasteiger partial charge in [0, 0.05) is 28.8 Å². The number of methoxy groups -OCH3 is 1. The Morgan fingerprint density at radius 3 is 2.12 bits per heavy atom. The first-order valence-corrected chi connectivity index (χ1v) is 7.84. The third-order valence-electron chi connectivity index (χ3n) is 3.17. The molecule has 26 heavy (non-hydrogen) atoms. The maximum absolute atomic E-state index is 12.5. The highest BCUT2D eigenvalue weighted by atomic mass is 35.5. The van der Waals surface area contributed by atoms with Crippen LogP contribution in [0.5, 0.6) is 11.5 Å². The minimum Gasteiger partial charge on any atom is -0.497 e. The molecular weight excluding hydrogens is 422 g/mol. The Morgan fingerprint density at radius 2 is 1.58 bits per heavy atom. The van der Waals surface area contributed by atoms with Gasteiger partial charge in [-0.25, -0.2) is 0 Å². The molecule has 0 aliphatic rings. The maximum Gasteiger partial charge on any atom is 0.573 e. The highest BCUT2D eigenvalue weighted by Crippen LogP contribution is 2.45. The van der Waals surface area contributed by atoms with Crippen molar-refractivity contribution in [2.45, 2.75) is 10.7 Å². The molecule has 0 radical (unpaired) electrons. The molecule has 0 N–H and O–H groups in total. The van der Waals surface area contributed by atoms with Crippen LogP contribution < -0.4 is 9.47 Å². The van der Waals surface area contributed by atoms with E-state index in [1.165, 1.54) is 19.2 Å². The molecule has 0 aliphatic carbocycles. The van der Waals surface area contributed by atoms with Gasteiger partial charge in [-0.3, -0.25) is 10.1 Å². The number of ether oxygens (including phenoxy) is 2. The molecule has 2 aromatic rings. The van der Waals surface area contributed by atoms with Crippen LogP contribution in [-0.2, 0) is 4.33 Å². The Balaban J connectivity index is 2.58. The number of hydrogen-bond donors (Lipinski definition) is 0. The van der Waals surface area contributed by atoms with Crippen molar-refractivity contribution < 1.29 is 27.6 Å². The summed E-state index contributed by atoms with van der Waals surface area (Å²) in [5.41, 5.74) is -0.449. The van der Waals surface area contributed by atoms with Crippen molar-refractivity contribution in [1.82, 2.24) is 0 Å². The molecule has 140 valence electrons. The summed E-state index contributed by atoms with van der Waals surface area (Å²) in [4.78, 5) is 10.3. The zero-order chi connectivity index (χ0) is 19.7. The average Bonchev–Trinajstić information content (AvgIpc) is 2.52. The SMILES string of the molecule is COc1cc(OC(F)(F)F)cc(C(Cl)(Cl)c2cc(Cl)cc([N+](=O)[O-])c2)c1. The lowest BCUT2D eigenvalue weighted by molar-refractivity contribution is -0.384. The summed E-state index contributed by atoms with van der Waals surface area (Å²) in [6.07, 6.45) is -4.94. The highest BCUT2D eigenvalue weighted by molar-refractivity contribution is 6.50. The van der Waals surface area contributed by atoms with E-state index in [0.29, 0.717) is 0 Å². The van der Waals surface area contributed by atoms with E-state index in [-0.39, 0.29) is 27.6 Å². The number of rotatable bonds is 5. The van der Waals surface area contributed by atoms with Crippen LogP contribution in [0.25, 0.3) is 0 Å². The largest absolute Gasteiger partial charge is 0.573 e. The third-order valence-corrected chi connectivity index (χ3v) is 4.26. The van der Waals surface area contributed by atoms with Gasteiger partial charge in [0.2, 0.25) is 0 Å². The molecule has 0 aromatic heterocycles. The van der Waals surface area contributed by atoms with Gasteiger partial charge in [-0.2, -0.15) is 0 Å². The van der Waals surface area contributed by atoms with Gasteiger partial charge in [-0.05, 0) is 23.8 Å². The first kappa shape index (κ1) is 20.4. The van der Waals surface area contributed by atoms with Gasteiger partial charge in [0.05, 0.1) is 12.0 Å². The zero-order valence-electron chi connectivity index (χ0n) is 12.8. The molecule has 0 aliphatic heterocycles. The number of nitrogens with zero attached hydrogens (tertiary/aromatic N) is 1. The summed E-state index contributed by atoms with van der Waals surface area (Å²) in [5.74, 6) is -0.627. The highest BCUT2D eigenvalue weighted by Gasteiger charge is 2.35. The molecule has 5 nitrogen and oxygen atoms in total. The Kier molecular flexibility index (Phi) is 5.79. The second-order valence-corrected chi connectivity index (χ2v) is 6.74. The van der Waals surface area contributed by atoms with Crippen molar-refractivity contribution in [2.75, 3.05) is 7.11 Å². The van der Waals surface area contributed by atoms with Crippen molar-refractivity contribution in [3.05, 3.63) is 62.7 Å². The summed E-state index contributed by atoms with van der Waals surface area (Å²) in [6.45, 7) is 0. The molecule has 0 fully saturated rings. The van der Waals surface area contributed by atoms with E-state index in [1.54, 1.807) is 0 Å². The molecule has 0 saturated carbocycles. The van der Waals surface area contributed by atoms with Gasteiger partial charge in [0.25, 0.3) is 5.69 Å². The third kappa shape index (κ3) is 4.84. The molecule has 0 amide bonds. The lowest BCUT2D eigenvalue weighted by atomic mass is 10.0. The minimum atomic E-state index is -4.94. The monoisotopic (exact) mass is 429 g/mol. The van der Waals surface area contributed by atoms with E-state index >= 15 is 0 Å². The van der Waals surface area contributed by atoms with Crippen LogP contribution in [0, 0.1) is 10.1 Å². The van der Waals surface area contributed by atoms with Crippen LogP contribution in [0.1, 0.15) is 11.1 Å². The Hall–Kier alpha value is -1.90. The summed E-state index contributed by atoms with van der Waals surface area (Å²) in [6, 6.07) is 6.62. The standard InChI is InChI=1S/C15H9Cl3F3NO4/c1-25-12-4-9(5-13(7-12)26-15(19,20)21)14(17,18)8-2-10(16)6-11(3-8)22(23)24/h2-7H,1H3. The number of nitro benzene ring substituents is 1. The van der Waals surface area contributed by atoms with Gasteiger partial charge >= 0.3 is 6.36 Å². The Bertz CT molecular complexity index is 843. The quantitative estimate of drug-likeness (QED) is 0.340. The second kappa shape index (κ2) is 7.38. The average molecular weight is 431 g/mol. The Morgan fingerprint density at radius 1 is 1.00 bits per heavy atom. The van der Waals surface area contributed by atoms with Crippen molar-refractivity contribution >= 4 is 40.5 Å². The van der Waals surface area contributed by atoms with Crippen LogP contribution in [0.3, 0.4) is 0 Å².